The largest absolute Gasteiger partial charge is 0.481 e. The summed E-state index contributed by atoms with van der Waals surface area (Å²) in [5.41, 5.74) is 5.86. The molecule has 110 valence electrons. The van der Waals surface area contributed by atoms with Gasteiger partial charge in [-0.25, -0.2) is 0 Å². The number of rotatable bonds is 7. The van der Waals surface area contributed by atoms with Gasteiger partial charge in [0.25, 0.3) is 5.69 Å². The van der Waals surface area contributed by atoms with E-state index >= 15 is 0 Å². The second-order valence-corrected chi connectivity index (χ2v) is 3.87. The molecule has 0 radical (unpaired) electrons. The van der Waals surface area contributed by atoms with Crippen LogP contribution in [0.5, 0.6) is 0 Å². The van der Waals surface area contributed by atoms with Crippen LogP contribution in [0.3, 0.4) is 0 Å². The van der Waals surface area contributed by atoms with E-state index in [4.69, 9.17) is 10.8 Å². The molecule has 0 heterocycles. The van der Waals surface area contributed by atoms with Crippen molar-refractivity contribution < 1.29 is 19.6 Å². The number of hydrogen-bond donors (Lipinski definition) is 3. The van der Waals surface area contributed by atoms with E-state index in [2.05, 4.69) is 5.32 Å². The summed E-state index contributed by atoms with van der Waals surface area (Å²) < 4.78 is 0. The van der Waals surface area contributed by atoms with Crippen LogP contribution in [0.15, 0.2) is 24.3 Å². The van der Waals surface area contributed by atoms with Crippen LogP contribution >= 0.6 is 12.4 Å². The number of nitrogens with one attached hydrogen (secondary N) is 1. The molecule has 0 fully saturated rings. The number of halogens is 1. The third kappa shape index (κ3) is 5.21. The average Bonchev–Trinajstić information content (AvgIpc) is 2.37. The third-order valence-corrected chi connectivity index (χ3v) is 2.45. The molecule has 2 atom stereocenters. The van der Waals surface area contributed by atoms with Gasteiger partial charge >= 0.3 is 5.97 Å². The lowest BCUT2D eigenvalue weighted by Crippen LogP contribution is -2.42. The van der Waals surface area contributed by atoms with Crippen LogP contribution in [0.25, 0.3) is 0 Å². The average molecular weight is 304 g/mol. The predicted octanol–water partition coefficient (Wildman–Crippen LogP) is 0.798. The molecule has 20 heavy (non-hydrogen) atoms. The molecule has 0 aliphatic carbocycles. The van der Waals surface area contributed by atoms with Gasteiger partial charge in [0.2, 0.25) is 0 Å². The van der Waals surface area contributed by atoms with Crippen LogP contribution in [-0.4, -0.2) is 34.4 Å². The van der Waals surface area contributed by atoms with E-state index < -0.39 is 23.0 Å². The second kappa shape index (κ2) is 8.08. The first-order valence-electron chi connectivity index (χ1n) is 5.37. The van der Waals surface area contributed by atoms with Crippen molar-refractivity contribution in [2.75, 3.05) is 5.32 Å². The number of benzene rings is 1. The molecular formula is C11H14ClN3O5. The summed E-state index contributed by atoms with van der Waals surface area (Å²) in [6, 6.07) is 3.62. The topological polar surface area (TPSA) is 136 Å². The Hall–Kier alpha value is -2.19. The van der Waals surface area contributed by atoms with Crippen molar-refractivity contribution in [2.24, 2.45) is 5.73 Å². The van der Waals surface area contributed by atoms with Crippen molar-refractivity contribution in [3.63, 3.8) is 0 Å². The first-order valence-corrected chi connectivity index (χ1v) is 5.37. The van der Waals surface area contributed by atoms with Crippen molar-refractivity contribution in [1.29, 1.82) is 0 Å². The third-order valence-electron chi connectivity index (χ3n) is 2.45. The lowest BCUT2D eigenvalue weighted by Gasteiger charge is -2.20. The molecule has 9 heteroatoms. The summed E-state index contributed by atoms with van der Waals surface area (Å²) in [6.07, 6.45) is 0.114. The number of carbonyl (C=O) groups excluding carboxylic acids is 1. The number of nitrogens with zero attached hydrogens (tertiary/aromatic N) is 1. The van der Waals surface area contributed by atoms with Crippen LogP contribution in [0, 0.1) is 10.1 Å². The van der Waals surface area contributed by atoms with Gasteiger partial charge in [0.1, 0.15) is 6.29 Å². The van der Waals surface area contributed by atoms with Crippen molar-refractivity contribution in [2.45, 2.75) is 18.5 Å². The highest BCUT2D eigenvalue weighted by Gasteiger charge is 2.20. The standard InChI is InChI=1S/C11H13N3O5.ClH/c12-9(6-15)10(5-11(16)17)13-7-1-3-8(4-2-7)14(18)19;/h1-4,6,9-10,13H,5,12H2,(H,16,17);1H/t9-,10?;/m1./s1. The Labute approximate surface area is 120 Å². The van der Waals surface area contributed by atoms with Gasteiger partial charge < -0.3 is 21.0 Å². The Morgan fingerprint density at radius 1 is 1.45 bits per heavy atom. The summed E-state index contributed by atoms with van der Waals surface area (Å²) >= 11 is 0. The van der Waals surface area contributed by atoms with Gasteiger partial charge in [0.05, 0.1) is 23.4 Å². The van der Waals surface area contributed by atoms with Crippen molar-refractivity contribution in [3.05, 3.63) is 34.4 Å². The van der Waals surface area contributed by atoms with Gasteiger partial charge in [-0.2, -0.15) is 0 Å². The second-order valence-electron chi connectivity index (χ2n) is 3.87. The lowest BCUT2D eigenvalue weighted by molar-refractivity contribution is -0.384. The van der Waals surface area contributed by atoms with Gasteiger partial charge in [0, 0.05) is 17.8 Å². The molecule has 8 nitrogen and oxygen atoms in total. The van der Waals surface area contributed by atoms with Crippen LogP contribution in [0.2, 0.25) is 0 Å². The van der Waals surface area contributed by atoms with Crippen molar-refractivity contribution in [1.82, 2.24) is 0 Å². The van der Waals surface area contributed by atoms with Gasteiger partial charge in [-0.15, -0.1) is 12.4 Å². The molecule has 4 N–H and O–H groups in total. The van der Waals surface area contributed by atoms with Gasteiger partial charge in [-0.3, -0.25) is 14.9 Å². The maximum Gasteiger partial charge on any atom is 0.305 e. The number of aliphatic carboxylic acids is 1. The summed E-state index contributed by atoms with van der Waals surface area (Å²) in [4.78, 5) is 31.2. The van der Waals surface area contributed by atoms with E-state index in [1.165, 1.54) is 24.3 Å². The normalized spacial score (nSPS) is 12.7. The Morgan fingerprint density at radius 3 is 2.40 bits per heavy atom. The number of aldehydes is 1. The number of nitrogens with two attached hydrogens (primary N) is 1. The Balaban J connectivity index is 0.00000361. The zero-order valence-corrected chi connectivity index (χ0v) is 11.1. The van der Waals surface area contributed by atoms with Crippen LogP contribution in [-0.2, 0) is 9.59 Å². The van der Waals surface area contributed by atoms with Crippen LogP contribution in [0.4, 0.5) is 11.4 Å². The van der Waals surface area contributed by atoms with E-state index in [9.17, 15) is 19.7 Å². The first kappa shape index (κ1) is 17.8. The maximum atomic E-state index is 10.7. The zero-order chi connectivity index (χ0) is 14.4. The number of nitro groups is 1. The summed E-state index contributed by atoms with van der Waals surface area (Å²) in [5.74, 6) is -1.10. The molecule has 0 bridgehead atoms. The quantitative estimate of drug-likeness (QED) is 0.385. The molecule has 1 rings (SSSR count). The molecule has 0 spiro atoms. The number of non-ortho nitro benzene ring substituents is 1. The minimum atomic E-state index is -1.10. The summed E-state index contributed by atoms with van der Waals surface area (Å²) in [7, 11) is 0. The number of nitro benzene ring substituents is 1. The zero-order valence-electron chi connectivity index (χ0n) is 10.3. The van der Waals surface area contributed by atoms with Gasteiger partial charge in [-0.1, -0.05) is 0 Å². The monoisotopic (exact) mass is 303 g/mol. The fourth-order valence-electron chi connectivity index (χ4n) is 1.46. The molecule has 1 aromatic carbocycles. The molecule has 1 aromatic rings. The highest BCUT2D eigenvalue weighted by Crippen LogP contribution is 2.17. The summed E-state index contributed by atoms with van der Waals surface area (Å²) in [5, 5.41) is 22.0. The van der Waals surface area contributed by atoms with E-state index in [1.54, 1.807) is 0 Å². The number of carbonyl (C=O) groups is 2. The molecule has 1 unspecified atom stereocenters. The van der Waals surface area contributed by atoms with Crippen molar-refractivity contribution in [3.8, 4) is 0 Å². The predicted molar refractivity (Wildman–Crippen MR) is 74.0 cm³/mol. The smallest absolute Gasteiger partial charge is 0.305 e. The van der Waals surface area contributed by atoms with Crippen LogP contribution in [0.1, 0.15) is 6.42 Å². The fraction of sp³-hybridized carbons (Fsp3) is 0.273. The maximum absolute atomic E-state index is 10.7. The highest BCUT2D eigenvalue weighted by atomic mass is 35.5. The molecule has 0 aromatic heterocycles. The minimum absolute atomic E-state index is 0. The Bertz CT molecular complexity index is 479. The Kier molecular flexibility index (Phi) is 7.19. The molecule has 0 saturated heterocycles. The van der Waals surface area contributed by atoms with E-state index in [0.717, 1.165) is 0 Å². The molecular weight excluding hydrogens is 290 g/mol. The van der Waals surface area contributed by atoms with Crippen LogP contribution < -0.4 is 11.1 Å². The first-order chi connectivity index (χ1) is 8.93. The molecule has 0 amide bonds. The molecule has 0 aliphatic rings. The molecule has 0 saturated carbocycles. The van der Waals surface area contributed by atoms with Crippen molar-refractivity contribution >= 4 is 36.0 Å². The van der Waals surface area contributed by atoms with Gasteiger partial charge in [-0.05, 0) is 12.1 Å². The SMILES string of the molecule is Cl.N[C@H](C=O)C(CC(=O)O)Nc1ccc([N+](=O)[O-])cc1. The minimum Gasteiger partial charge on any atom is -0.481 e. The van der Waals surface area contributed by atoms with E-state index in [0.29, 0.717) is 12.0 Å². The number of carboxylic acid groups (broad SMARTS) is 1. The lowest BCUT2D eigenvalue weighted by atomic mass is 10.1. The highest BCUT2D eigenvalue weighted by molar-refractivity contribution is 5.85. The molecule has 0 aliphatic heterocycles. The number of hydrogen-bond acceptors (Lipinski definition) is 6. The number of carboxylic acids is 1. The number of anilines is 1. The Morgan fingerprint density at radius 2 is 2.00 bits per heavy atom. The van der Waals surface area contributed by atoms with E-state index in [1.807, 2.05) is 0 Å². The van der Waals surface area contributed by atoms with E-state index in [-0.39, 0.29) is 24.5 Å². The van der Waals surface area contributed by atoms with Gasteiger partial charge in [0.15, 0.2) is 0 Å². The summed E-state index contributed by atoms with van der Waals surface area (Å²) in [6.45, 7) is 0. The fourth-order valence-corrected chi connectivity index (χ4v) is 1.46.